The third-order valence-corrected chi connectivity index (χ3v) is 4.26. The molecule has 0 aromatic heterocycles. The Kier molecular flexibility index (Phi) is 5.31. The highest BCUT2D eigenvalue weighted by Gasteiger charge is 2.20. The lowest BCUT2D eigenvalue weighted by atomic mass is 10.1. The molecule has 1 saturated carbocycles. The van der Waals surface area contributed by atoms with Gasteiger partial charge in [-0.3, -0.25) is 4.90 Å². The first kappa shape index (κ1) is 16.0. The van der Waals surface area contributed by atoms with Gasteiger partial charge in [0.05, 0.1) is 7.11 Å². The molecule has 122 valence electrons. The van der Waals surface area contributed by atoms with E-state index in [2.05, 4.69) is 65.8 Å². The fourth-order valence-corrected chi connectivity index (χ4v) is 2.84. The molecule has 1 fully saturated rings. The molecule has 3 heteroatoms. The van der Waals surface area contributed by atoms with E-state index in [-0.39, 0.29) is 0 Å². The third-order valence-electron chi connectivity index (χ3n) is 4.26. The summed E-state index contributed by atoms with van der Waals surface area (Å²) < 4.78 is 5.58. The maximum Gasteiger partial charge on any atom is 0.123 e. The molecule has 23 heavy (non-hydrogen) atoms. The van der Waals surface area contributed by atoms with Crippen LogP contribution in [0.3, 0.4) is 0 Å². The zero-order chi connectivity index (χ0) is 16.1. The van der Waals surface area contributed by atoms with Crippen molar-refractivity contribution >= 4 is 0 Å². The molecule has 0 atom stereocenters. The Labute approximate surface area is 139 Å². The molecule has 0 spiro atoms. The average Bonchev–Trinajstić information content (AvgIpc) is 3.38. The molecule has 3 rings (SSSR count). The fraction of sp³-hybridized carbons (Fsp3) is 0.400. The summed E-state index contributed by atoms with van der Waals surface area (Å²) in [5, 5.41) is 3.55. The molecule has 0 amide bonds. The Bertz CT molecular complexity index is 623. The molecule has 1 aliphatic rings. The minimum absolute atomic E-state index is 0.719. The van der Waals surface area contributed by atoms with Crippen LogP contribution in [0.15, 0.2) is 48.5 Å². The van der Waals surface area contributed by atoms with Crippen molar-refractivity contribution in [1.82, 2.24) is 10.2 Å². The predicted octanol–water partition coefficient (Wildman–Crippen LogP) is 3.58. The van der Waals surface area contributed by atoms with Crippen LogP contribution in [-0.4, -0.2) is 25.1 Å². The Morgan fingerprint density at radius 2 is 1.78 bits per heavy atom. The summed E-state index contributed by atoms with van der Waals surface area (Å²) in [6.07, 6.45) is 2.62. The van der Waals surface area contributed by atoms with Crippen LogP contribution in [0, 0.1) is 0 Å². The van der Waals surface area contributed by atoms with Crippen LogP contribution in [0.25, 0.3) is 0 Å². The number of nitrogens with one attached hydrogen (secondary N) is 1. The van der Waals surface area contributed by atoms with E-state index in [0.717, 1.165) is 31.4 Å². The van der Waals surface area contributed by atoms with E-state index < -0.39 is 0 Å². The molecular weight excluding hydrogens is 284 g/mol. The van der Waals surface area contributed by atoms with Gasteiger partial charge in [-0.2, -0.15) is 0 Å². The lowest BCUT2D eigenvalue weighted by molar-refractivity contribution is 0.318. The first-order valence-corrected chi connectivity index (χ1v) is 8.36. The highest BCUT2D eigenvalue weighted by Crippen LogP contribution is 2.24. The molecule has 2 aromatic rings. The van der Waals surface area contributed by atoms with Crippen LogP contribution in [0.4, 0.5) is 0 Å². The van der Waals surface area contributed by atoms with Crippen molar-refractivity contribution in [3.8, 4) is 5.75 Å². The maximum absolute atomic E-state index is 5.58. The summed E-state index contributed by atoms with van der Waals surface area (Å²) in [7, 11) is 3.91. The number of benzene rings is 2. The van der Waals surface area contributed by atoms with Crippen LogP contribution >= 0.6 is 0 Å². The Morgan fingerprint density at radius 1 is 1.04 bits per heavy atom. The first-order chi connectivity index (χ1) is 11.2. The largest absolute Gasteiger partial charge is 0.496 e. The zero-order valence-electron chi connectivity index (χ0n) is 14.1. The van der Waals surface area contributed by atoms with Crippen LogP contribution in [0.2, 0.25) is 0 Å². The van der Waals surface area contributed by atoms with Gasteiger partial charge in [0.15, 0.2) is 0 Å². The summed E-state index contributed by atoms with van der Waals surface area (Å²) in [4.78, 5) is 2.33. The standard InChI is InChI=1S/C20H26N2O/c1-22(14-16-6-4-3-5-7-16)15-17-8-9-18(20(12-17)23-2)13-21-19-10-11-19/h3-9,12,19,21H,10-11,13-15H2,1-2H3. The molecular formula is C20H26N2O. The quantitative estimate of drug-likeness (QED) is 0.806. The molecule has 0 radical (unpaired) electrons. The monoisotopic (exact) mass is 310 g/mol. The van der Waals surface area contributed by atoms with Crippen molar-refractivity contribution in [1.29, 1.82) is 0 Å². The minimum Gasteiger partial charge on any atom is -0.496 e. The molecule has 3 nitrogen and oxygen atoms in total. The molecule has 1 aliphatic carbocycles. The van der Waals surface area contributed by atoms with Gasteiger partial charge in [-0.05, 0) is 37.1 Å². The highest BCUT2D eigenvalue weighted by molar-refractivity contribution is 5.37. The Hall–Kier alpha value is -1.84. The second-order valence-corrected chi connectivity index (χ2v) is 6.46. The van der Waals surface area contributed by atoms with Crippen LogP contribution in [0.5, 0.6) is 5.75 Å². The van der Waals surface area contributed by atoms with E-state index >= 15 is 0 Å². The van der Waals surface area contributed by atoms with Gasteiger partial charge in [0.1, 0.15) is 5.75 Å². The van der Waals surface area contributed by atoms with Gasteiger partial charge in [-0.25, -0.2) is 0 Å². The summed E-state index contributed by atoms with van der Waals surface area (Å²) in [5.41, 5.74) is 3.87. The number of methoxy groups -OCH3 is 1. The Morgan fingerprint density at radius 3 is 2.48 bits per heavy atom. The second kappa shape index (κ2) is 7.62. The molecule has 0 heterocycles. The van der Waals surface area contributed by atoms with E-state index in [0.29, 0.717) is 0 Å². The Balaban J connectivity index is 1.60. The van der Waals surface area contributed by atoms with E-state index in [1.807, 2.05) is 0 Å². The van der Waals surface area contributed by atoms with Crippen molar-refractivity contribution in [2.45, 2.75) is 38.5 Å². The lowest BCUT2D eigenvalue weighted by Gasteiger charge is -2.18. The minimum atomic E-state index is 0.719. The van der Waals surface area contributed by atoms with Crippen LogP contribution in [-0.2, 0) is 19.6 Å². The fourth-order valence-electron chi connectivity index (χ4n) is 2.84. The van der Waals surface area contributed by atoms with Crippen molar-refractivity contribution < 1.29 is 4.74 Å². The lowest BCUT2D eigenvalue weighted by Crippen LogP contribution is -2.18. The summed E-state index contributed by atoms with van der Waals surface area (Å²) in [5.74, 6) is 0.990. The topological polar surface area (TPSA) is 24.5 Å². The van der Waals surface area contributed by atoms with Crippen molar-refractivity contribution in [2.75, 3.05) is 14.2 Å². The highest BCUT2D eigenvalue weighted by atomic mass is 16.5. The number of hydrogen-bond donors (Lipinski definition) is 1. The molecule has 1 N–H and O–H groups in total. The molecule has 0 unspecified atom stereocenters. The third kappa shape index (κ3) is 4.81. The number of nitrogens with zero attached hydrogens (tertiary/aromatic N) is 1. The van der Waals surface area contributed by atoms with Crippen molar-refractivity contribution in [2.24, 2.45) is 0 Å². The normalized spacial score (nSPS) is 14.2. The van der Waals surface area contributed by atoms with Gasteiger partial charge in [0.2, 0.25) is 0 Å². The van der Waals surface area contributed by atoms with Crippen molar-refractivity contribution in [3.05, 3.63) is 65.2 Å². The average molecular weight is 310 g/mol. The first-order valence-electron chi connectivity index (χ1n) is 8.36. The molecule has 0 saturated heterocycles. The predicted molar refractivity (Wildman–Crippen MR) is 94.5 cm³/mol. The van der Waals surface area contributed by atoms with Crippen molar-refractivity contribution in [3.63, 3.8) is 0 Å². The van der Waals surface area contributed by atoms with Gasteiger partial charge < -0.3 is 10.1 Å². The molecule has 0 bridgehead atoms. The summed E-state index contributed by atoms with van der Waals surface area (Å²) in [6.45, 7) is 2.77. The van der Waals surface area contributed by atoms with Crippen LogP contribution < -0.4 is 10.1 Å². The van der Waals surface area contributed by atoms with Gasteiger partial charge >= 0.3 is 0 Å². The second-order valence-electron chi connectivity index (χ2n) is 6.46. The van der Waals surface area contributed by atoms with E-state index in [1.165, 1.54) is 29.5 Å². The summed E-state index contributed by atoms with van der Waals surface area (Å²) >= 11 is 0. The number of ether oxygens (including phenoxy) is 1. The van der Waals surface area contributed by atoms with E-state index in [4.69, 9.17) is 4.74 Å². The van der Waals surface area contributed by atoms with Gasteiger partial charge in [-0.1, -0.05) is 42.5 Å². The zero-order valence-corrected chi connectivity index (χ0v) is 14.1. The van der Waals surface area contributed by atoms with Gasteiger partial charge in [-0.15, -0.1) is 0 Å². The maximum atomic E-state index is 5.58. The SMILES string of the molecule is COc1cc(CN(C)Cc2ccccc2)ccc1CNC1CC1. The number of rotatable bonds is 8. The van der Waals surface area contributed by atoms with E-state index in [1.54, 1.807) is 7.11 Å². The van der Waals surface area contributed by atoms with E-state index in [9.17, 15) is 0 Å². The smallest absolute Gasteiger partial charge is 0.123 e. The van der Waals surface area contributed by atoms with Gasteiger partial charge in [0, 0.05) is 31.2 Å². The molecule has 0 aliphatic heterocycles. The van der Waals surface area contributed by atoms with Crippen LogP contribution in [0.1, 0.15) is 29.5 Å². The summed E-state index contributed by atoms with van der Waals surface area (Å²) in [6, 6.07) is 17.9. The van der Waals surface area contributed by atoms with Gasteiger partial charge in [0.25, 0.3) is 0 Å². The number of hydrogen-bond acceptors (Lipinski definition) is 3. The molecule has 2 aromatic carbocycles.